The minimum Gasteiger partial charge on any atom is -0.492 e. The number of fused-ring (bicyclic) bond motifs is 1. The lowest BCUT2D eigenvalue weighted by Crippen LogP contribution is -2.26. The maximum Gasteiger partial charge on any atom is 0.244 e. The summed E-state index contributed by atoms with van der Waals surface area (Å²) in [5, 5.41) is 1.67. The zero-order valence-electron chi connectivity index (χ0n) is 15.6. The summed E-state index contributed by atoms with van der Waals surface area (Å²) in [6.07, 6.45) is 0.557. The van der Waals surface area contributed by atoms with Crippen molar-refractivity contribution in [2.24, 2.45) is 0 Å². The van der Waals surface area contributed by atoms with Gasteiger partial charge < -0.3 is 9.72 Å². The summed E-state index contributed by atoms with van der Waals surface area (Å²) in [5.74, 6) is 0.366. The summed E-state index contributed by atoms with van der Waals surface area (Å²) in [5.41, 5.74) is 3.79. The summed E-state index contributed by atoms with van der Waals surface area (Å²) in [4.78, 5) is 3.45. The topological polar surface area (TPSA) is 71.2 Å². The number of para-hydroxylation sites is 1. The fourth-order valence-electron chi connectivity index (χ4n) is 3.18. The first-order valence-electron chi connectivity index (χ1n) is 8.82. The van der Waals surface area contributed by atoms with E-state index in [0.717, 1.165) is 27.7 Å². The molecule has 0 aliphatic carbocycles. The Morgan fingerprint density at radius 1 is 1.19 bits per heavy atom. The second-order valence-electron chi connectivity index (χ2n) is 6.42. The van der Waals surface area contributed by atoms with Crippen molar-refractivity contribution in [1.29, 1.82) is 0 Å². The first-order chi connectivity index (χ1) is 12.8. The van der Waals surface area contributed by atoms with Gasteiger partial charge >= 0.3 is 0 Å². The van der Waals surface area contributed by atoms with E-state index in [2.05, 4.69) is 9.71 Å². The van der Waals surface area contributed by atoms with E-state index < -0.39 is 10.0 Å². The highest BCUT2D eigenvalue weighted by Crippen LogP contribution is 2.28. The van der Waals surface area contributed by atoms with Crippen molar-refractivity contribution in [2.75, 3.05) is 13.2 Å². The number of nitrogens with one attached hydrogen (secondary N) is 2. The number of rotatable bonds is 7. The van der Waals surface area contributed by atoms with Gasteiger partial charge in [0.1, 0.15) is 10.6 Å². The van der Waals surface area contributed by atoms with Gasteiger partial charge in [0, 0.05) is 17.6 Å². The molecule has 5 nitrogen and oxygen atoms in total. The van der Waals surface area contributed by atoms with Gasteiger partial charge in [0.2, 0.25) is 10.0 Å². The standard InChI is InChI=1S/C20H23ClN2O3S/c1-4-26-18-9-8-13(2)12-19(18)27(24,25)22-11-10-15-14(3)23-20-16(15)6-5-7-17(20)21/h5-9,12,22-23H,4,10-11H2,1-3H3. The zero-order chi connectivity index (χ0) is 19.6. The quantitative estimate of drug-likeness (QED) is 0.612. The highest BCUT2D eigenvalue weighted by molar-refractivity contribution is 7.89. The summed E-state index contributed by atoms with van der Waals surface area (Å²) >= 11 is 6.23. The Balaban J connectivity index is 1.81. The molecule has 0 aliphatic heterocycles. The summed E-state index contributed by atoms with van der Waals surface area (Å²) in [6.45, 7) is 6.33. The first-order valence-corrected chi connectivity index (χ1v) is 10.7. The van der Waals surface area contributed by atoms with Crippen molar-refractivity contribution >= 4 is 32.5 Å². The third-order valence-corrected chi connectivity index (χ3v) is 6.26. The van der Waals surface area contributed by atoms with E-state index in [9.17, 15) is 8.42 Å². The van der Waals surface area contributed by atoms with Gasteiger partial charge in [-0.3, -0.25) is 0 Å². The molecule has 27 heavy (non-hydrogen) atoms. The average molecular weight is 407 g/mol. The number of benzene rings is 2. The van der Waals surface area contributed by atoms with Crippen molar-refractivity contribution in [2.45, 2.75) is 32.1 Å². The Bertz CT molecular complexity index is 1070. The van der Waals surface area contributed by atoms with E-state index in [1.54, 1.807) is 12.1 Å². The molecule has 2 N–H and O–H groups in total. The maximum atomic E-state index is 12.8. The van der Waals surface area contributed by atoms with E-state index in [0.29, 0.717) is 23.8 Å². The van der Waals surface area contributed by atoms with Crippen LogP contribution in [0.15, 0.2) is 41.3 Å². The molecule has 0 fully saturated rings. The van der Waals surface area contributed by atoms with Crippen LogP contribution in [0.4, 0.5) is 0 Å². The predicted molar refractivity (Wildman–Crippen MR) is 109 cm³/mol. The van der Waals surface area contributed by atoms with Crippen molar-refractivity contribution in [1.82, 2.24) is 9.71 Å². The normalized spacial score (nSPS) is 11.9. The Morgan fingerprint density at radius 2 is 1.96 bits per heavy atom. The molecular weight excluding hydrogens is 384 g/mol. The summed E-state index contributed by atoms with van der Waals surface area (Å²) in [7, 11) is -3.67. The van der Waals surface area contributed by atoms with Crippen LogP contribution in [0.2, 0.25) is 5.02 Å². The van der Waals surface area contributed by atoms with Crippen LogP contribution in [0.25, 0.3) is 10.9 Å². The number of hydrogen-bond acceptors (Lipinski definition) is 3. The van der Waals surface area contributed by atoms with Gasteiger partial charge in [-0.1, -0.05) is 29.8 Å². The molecule has 1 aromatic heterocycles. The Kier molecular flexibility index (Phi) is 5.79. The monoisotopic (exact) mass is 406 g/mol. The lowest BCUT2D eigenvalue weighted by atomic mass is 10.1. The van der Waals surface area contributed by atoms with E-state index >= 15 is 0 Å². The van der Waals surface area contributed by atoms with E-state index in [-0.39, 0.29) is 11.4 Å². The van der Waals surface area contributed by atoms with Gasteiger partial charge in [0.15, 0.2) is 0 Å². The molecule has 0 atom stereocenters. The van der Waals surface area contributed by atoms with Crippen LogP contribution in [-0.2, 0) is 16.4 Å². The van der Waals surface area contributed by atoms with Crippen LogP contribution in [0.3, 0.4) is 0 Å². The number of sulfonamides is 1. The van der Waals surface area contributed by atoms with Gasteiger partial charge in [0.25, 0.3) is 0 Å². The molecule has 0 amide bonds. The molecule has 1 heterocycles. The third kappa shape index (κ3) is 4.13. The van der Waals surface area contributed by atoms with Crippen molar-refractivity contribution in [3.63, 3.8) is 0 Å². The van der Waals surface area contributed by atoms with E-state index in [1.165, 1.54) is 0 Å². The fraction of sp³-hybridized carbons (Fsp3) is 0.300. The number of aryl methyl sites for hydroxylation is 2. The molecule has 0 unspecified atom stereocenters. The Morgan fingerprint density at radius 3 is 2.70 bits per heavy atom. The highest BCUT2D eigenvalue weighted by atomic mass is 35.5. The smallest absolute Gasteiger partial charge is 0.244 e. The second kappa shape index (κ2) is 7.92. The van der Waals surface area contributed by atoms with Crippen LogP contribution in [0.5, 0.6) is 5.75 Å². The van der Waals surface area contributed by atoms with Crippen molar-refractivity contribution in [3.05, 3.63) is 58.2 Å². The zero-order valence-corrected chi connectivity index (χ0v) is 17.2. The van der Waals surface area contributed by atoms with Gasteiger partial charge in [-0.15, -0.1) is 0 Å². The molecule has 0 bridgehead atoms. The molecule has 0 radical (unpaired) electrons. The molecule has 144 valence electrons. The molecule has 0 aliphatic rings. The van der Waals surface area contributed by atoms with Gasteiger partial charge in [0.05, 0.1) is 17.1 Å². The molecule has 0 saturated heterocycles. The van der Waals surface area contributed by atoms with Gasteiger partial charge in [-0.05, 0) is 56.5 Å². The van der Waals surface area contributed by atoms with Crippen molar-refractivity contribution in [3.8, 4) is 5.75 Å². The van der Waals surface area contributed by atoms with E-state index in [1.807, 2.05) is 45.0 Å². The van der Waals surface area contributed by atoms with Gasteiger partial charge in [-0.2, -0.15) is 0 Å². The molecule has 7 heteroatoms. The minimum absolute atomic E-state index is 0.169. The van der Waals surface area contributed by atoms with Crippen LogP contribution in [0.1, 0.15) is 23.7 Å². The molecular formula is C20H23ClN2O3S. The van der Waals surface area contributed by atoms with E-state index in [4.69, 9.17) is 16.3 Å². The van der Waals surface area contributed by atoms with Crippen LogP contribution < -0.4 is 9.46 Å². The molecule has 3 rings (SSSR count). The number of halogens is 1. The second-order valence-corrected chi connectivity index (χ2v) is 8.56. The highest BCUT2D eigenvalue weighted by Gasteiger charge is 2.20. The molecule has 3 aromatic rings. The third-order valence-electron chi connectivity index (χ3n) is 4.46. The van der Waals surface area contributed by atoms with Gasteiger partial charge in [-0.25, -0.2) is 13.1 Å². The summed E-state index contributed by atoms with van der Waals surface area (Å²) in [6, 6.07) is 10.9. The Hall–Kier alpha value is -2.02. The SMILES string of the molecule is CCOc1ccc(C)cc1S(=O)(=O)NCCc1c(C)[nH]c2c(Cl)cccc12. The number of H-pyrrole nitrogens is 1. The average Bonchev–Trinajstić information content (AvgIpc) is 2.94. The Labute approximate surface area is 164 Å². The number of aromatic nitrogens is 1. The van der Waals surface area contributed by atoms with Crippen molar-refractivity contribution < 1.29 is 13.2 Å². The molecule has 0 saturated carbocycles. The van der Waals surface area contributed by atoms with Crippen LogP contribution >= 0.6 is 11.6 Å². The fourth-order valence-corrected chi connectivity index (χ4v) is 4.66. The first kappa shape index (κ1) is 19.7. The lowest BCUT2D eigenvalue weighted by molar-refractivity contribution is 0.331. The lowest BCUT2D eigenvalue weighted by Gasteiger charge is -2.13. The largest absolute Gasteiger partial charge is 0.492 e. The summed E-state index contributed by atoms with van der Waals surface area (Å²) < 4.78 is 33.8. The molecule has 2 aromatic carbocycles. The maximum absolute atomic E-state index is 12.8. The minimum atomic E-state index is -3.67. The molecule has 0 spiro atoms. The van der Waals surface area contributed by atoms with Crippen LogP contribution in [0, 0.1) is 13.8 Å². The number of ether oxygens (including phenoxy) is 1. The van der Waals surface area contributed by atoms with Crippen LogP contribution in [-0.4, -0.2) is 26.6 Å². The number of hydrogen-bond donors (Lipinski definition) is 2. The predicted octanol–water partition coefficient (Wildman–Crippen LogP) is 4.36. The number of aromatic amines is 1.